The van der Waals surface area contributed by atoms with Crippen molar-refractivity contribution in [2.75, 3.05) is 0 Å². The Labute approximate surface area is 125 Å². The number of carboxylic acid groups (broad SMARTS) is 1. The Bertz CT molecular complexity index is 618. The van der Waals surface area contributed by atoms with E-state index in [4.69, 9.17) is 4.42 Å². The molecule has 0 spiro atoms. The van der Waals surface area contributed by atoms with Gasteiger partial charge in [0.25, 0.3) is 0 Å². The molecule has 2 rings (SSSR count). The van der Waals surface area contributed by atoms with E-state index in [1.165, 1.54) is 0 Å². The van der Waals surface area contributed by atoms with Gasteiger partial charge in [0.05, 0.1) is 6.04 Å². The highest BCUT2D eigenvalue weighted by atomic mass is 16.4. The maximum atomic E-state index is 11.3. The van der Waals surface area contributed by atoms with Crippen LogP contribution >= 0.6 is 0 Å². The van der Waals surface area contributed by atoms with Gasteiger partial charge in [0.2, 0.25) is 0 Å². The van der Waals surface area contributed by atoms with Crippen LogP contribution in [-0.2, 0) is 11.2 Å². The fraction of sp³-hybridized carbons (Fsp3) is 0.471. The average Bonchev–Trinajstić information content (AvgIpc) is 2.85. The van der Waals surface area contributed by atoms with Gasteiger partial charge in [-0.2, -0.15) is 0 Å². The number of furan rings is 1. The van der Waals surface area contributed by atoms with Gasteiger partial charge in [-0.25, -0.2) is 0 Å². The lowest BCUT2D eigenvalue weighted by molar-refractivity contribution is -0.139. The Balaban J connectivity index is 2.30. The van der Waals surface area contributed by atoms with Crippen molar-refractivity contribution in [2.45, 2.75) is 52.1 Å². The van der Waals surface area contributed by atoms with Gasteiger partial charge in [0, 0.05) is 10.9 Å². The lowest BCUT2D eigenvalue weighted by Crippen LogP contribution is -2.38. The first-order valence-electron chi connectivity index (χ1n) is 7.57. The number of rotatable bonds is 7. The lowest BCUT2D eigenvalue weighted by atomic mass is 10.0. The molecule has 1 aromatic heterocycles. The molecule has 2 atom stereocenters. The van der Waals surface area contributed by atoms with Crippen molar-refractivity contribution < 1.29 is 14.3 Å². The number of carbonyl (C=O) groups is 1. The molecular formula is C17H23NO3. The molecule has 0 aliphatic rings. The summed E-state index contributed by atoms with van der Waals surface area (Å²) in [5, 5.41) is 13.6. The summed E-state index contributed by atoms with van der Waals surface area (Å²) in [5.41, 5.74) is 2.02. The highest BCUT2D eigenvalue weighted by Gasteiger charge is 2.23. The molecule has 0 bridgehead atoms. The molecule has 2 N–H and O–H groups in total. The molecule has 1 aromatic carbocycles. The van der Waals surface area contributed by atoms with Crippen LogP contribution < -0.4 is 5.32 Å². The second kappa shape index (κ2) is 6.76. The van der Waals surface area contributed by atoms with E-state index in [9.17, 15) is 9.90 Å². The fourth-order valence-electron chi connectivity index (χ4n) is 2.78. The SMILES string of the molecule is CCCC(NC(C)c1oc2ccccc2c1CC)C(=O)O. The Morgan fingerprint density at radius 3 is 2.67 bits per heavy atom. The third kappa shape index (κ3) is 3.27. The number of benzene rings is 1. The maximum absolute atomic E-state index is 11.3. The zero-order valence-electron chi connectivity index (χ0n) is 12.8. The van der Waals surface area contributed by atoms with E-state index < -0.39 is 12.0 Å². The number of carboxylic acids is 1. The van der Waals surface area contributed by atoms with Crippen LogP contribution in [0.15, 0.2) is 28.7 Å². The number of para-hydroxylation sites is 1. The third-order valence-electron chi connectivity index (χ3n) is 3.80. The maximum Gasteiger partial charge on any atom is 0.320 e. The monoisotopic (exact) mass is 289 g/mol. The van der Waals surface area contributed by atoms with Crippen molar-refractivity contribution in [3.63, 3.8) is 0 Å². The Kier molecular flexibility index (Phi) is 5.02. The molecule has 4 heteroatoms. The van der Waals surface area contributed by atoms with Crippen LogP contribution in [0.3, 0.4) is 0 Å². The summed E-state index contributed by atoms with van der Waals surface area (Å²) in [4.78, 5) is 11.3. The molecule has 0 radical (unpaired) electrons. The van der Waals surface area contributed by atoms with Crippen LogP contribution in [0.4, 0.5) is 0 Å². The van der Waals surface area contributed by atoms with Crippen molar-refractivity contribution in [3.8, 4) is 0 Å². The topological polar surface area (TPSA) is 62.5 Å². The quantitative estimate of drug-likeness (QED) is 0.811. The van der Waals surface area contributed by atoms with E-state index in [-0.39, 0.29) is 6.04 Å². The van der Waals surface area contributed by atoms with E-state index in [1.54, 1.807) is 0 Å². The molecule has 0 saturated carbocycles. The van der Waals surface area contributed by atoms with E-state index in [1.807, 2.05) is 32.0 Å². The predicted molar refractivity (Wildman–Crippen MR) is 83.5 cm³/mol. The number of fused-ring (bicyclic) bond motifs is 1. The van der Waals surface area contributed by atoms with Crippen molar-refractivity contribution in [3.05, 3.63) is 35.6 Å². The molecule has 2 aromatic rings. The number of nitrogens with one attached hydrogen (secondary N) is 1. The highest BCUT2D eigenvalue weighted by Crippen LogP contribution is 2.30. The minimum absolute atomic E-state index is 0.125. The first-order chi connectivity index (χ1) is 10.1. The lowest BCUT2D eigenvalue weighted by Gasteiger charge is -2.19. The van der Waals surface area contributed by atoms with E-state index in [2.05, 4.69) is 18.3 Å². The molecule has 4 nitrogen and oxygen atoms in total. The molecule has 2 unspecified atom stereocenters. The van der Waals surface area contributed by atoms with Crippen molar-refractivity contribution in [1.82, 2.24) is 5.32 Å². The van der Waals surface area contributed by atoms with Crippen LogP contribution in [0, 0.1) is 0 Å². The van der Waals surface area contributed by atoms with Gasteiger partial charge in [-0.1, -0.05) is 38.5 Å². The van der Waals surface area contributed by atoms with E-state index >= 15 is 0 Å². The normalized spacial score (nSPS) is 14.2. The van der Waals surface area contributed by atoms with E-state index in [0.29, 0.717) is 6.42 Å². The van der Waals surface area contributed by atoms with Crippen molar-refractivity contribution in [1.29, 1.82) is 0 Å². The van der Waals surface area contributed by atoms with Crippen molar-refractivity contribution >= 4 is 16.9 Å². The smallest absolute Gasteiger partial charge is 0.320 e. The molecule has 0 aliphatic heterocycles. The number of aryl methyl sites for hydroxylation is 1. The second-order valence-corrected chi connectivity index (χ2v) is 5.36. The van der Waals surface area contributed by atoms with Gasteiger partial charge >= 0.3 is 5.97 Å². The molecular weight excluding hydrogens is 266 g/mol. The first-order valence-corrected chi connectivity index (χ1v) is 7.57. The highest BCUT2D eigenvalue weighted by molar-refractivity contribution is 5.82. The standard InChI is InChI=1S/C17H23NO3/c1-4-8-14(17(19)20)18-11(3)16-12(5-2)13-9-6-7-10-15(13)21-16/h6-7,9-11,14,18H,4-5,8H2,1-3H3,(H,19,20). The third-order valence-corrected chi connectivity index (χ3v) is 3.80. The predicted octanol–water partition coefficient (Wildman–Crippen LogP) is 3.90. The summed E-state index contributed by atoms with van der Waals surface area (Å²) < 4.78 is 5.96. The zero-order valence-corrected chi connectivity index (χ0v) is 12.8. The second-order valence-electron chi connectivity index (χ2n) is 5.36. The van der Waals surface area contributed by atoms with Gasteiger partial charge in [-0.3, -0.25) is 10.1 Å². The average molecular weight is 289 g/mol. The van der Waals surface area contributed by atoms with Crippen LogP contribution in [0.5, 0.6) is 0 Å². The summed E-state index contributed by atoms with van der Waals surface area (Å²) in [6.45, 7) is 6.04. The molecule has 0 aliphatic carbocycles. The van der Waals surface area contributed by atoms with Gasteiger partial charge in [0.15, 0.2) is 0 Å². The molecule has 0 amide bonds. The van der Waals surface area contributed by atoms with Gasteiger partial charge < -0.3 is 9.52 Å². The molecule has 114 valence electrons. The first kappa shape index (κ1) is 15.6. The van der Waals surface area contributed by atoms with Gasteiger partial charge in [-0.15, -0.1) is 0 Å². The minimum atomic E-state index is -0.808. The summed E-state index contributed by atoms with van der Waals surface area (Å²) in [7, 11) is 0. The van der Waals surface area contributed by atoms with Gasteiger partial charge in [-0.05, 0) is 25.8 Å². The summed E-state index contributed by atoms with van der Waals surface area (Å²) in [6.07, 6.45) is 2.31. The Hall–Kier alpha value is -1.81. The zero-order chi connectivity index (χ0) is 15.4. The Morgan fingerprint density at radius 2 is 2.05 bits per heavy atom. The number of hydrogen-bond acceptors (Lipinski definition) is 3. The Morgan fingerprint density at radius 1 is 1.33 bits per heavy atom. The molecule has 0 saturated heterocycles. The number of hydrogen-bond donors (Lipinski definition) is 2. The van der Waals surface area contributed by atoms with Crippen LogP contribution in [0.25, 0.3) is 11.0 Å². The van der Waals surface area contributed by atoms with Crippen LogP contribution in [0.2, 0.25) is 0 Å². The molecule has 21 heavy (non-hydrogen) atoms. The minimum Gasteiger partial charge on any atom is -0.480 e. The summed E-state index contributed by atoms with van der Waals surface area (Å²) >= 11 is 0. The molecule has 1 heterocycles. The molecule has 0 fully saturated rings. The van der Waals surface area contributed by atoms with E-state index in [0.717, 1.165) is 35.1 Å². The number of aliphatic carboxylic acids is 1. The van der Waals surface area contributed by atoms with Crippen LogP contribution in [-0.4, -0.2) is 17.1 Å². The van der Waals surface area contributed by atoms with Crippen LogP contribution in [0.1, 0.15) is 51.0 Å². The van der Waals surface area contributed by atoms with Gasteiger partial charge in [0.1, 0.15) is 17.4 Å². The largest absolute Gasteiger partial charge is 0.480 e. The summed E-state index contributed by atoms with van der Waals surface area (Å²) in [6, 6.07) is 7.28. The fourth-order valence-corrected chi connectivity index (χ4v) is 2.78. The van der Waals surface area contributed by atoms with Crippen molar-refractivity contribution in [2.24, 2.45) is 0 Å². The summed E-state index contributed by atoms with van der Waals surface area (Å²) in [5.74, 6) is 0.0407.